The molecule has 250 valence electrons. The predicted octanol–water partition coefficient (Wildman–Crippen LogP) is 8.86. The topological polar surface area (TPSA) is 93.0 Å². The van der Waals surface area contributed by atoms with Crippen LogP contribution in [0, 0.1) is 28.7 Å². The van der Waals surface area contributed by atoms with Crippen LogP contribution in [0.15, 0.2) is 54.7 Å². The molecule has 12 heteroatoms. The van der Waals surface area contributed by atoms with Crippen LogP contribution in [0.4, 0.5) is 17.6 Å². The van der Waals surface area contributed by atoms with Gasteiger partial charge in [-0.2, -0.15) is 21.3 Å². The second-order valence-corrected chi connectivity index (χ2v) is 13.8. The zero-order chi connectivity index (χ0) is 34.2. The third kappa shape index (κ3) is 6.85. The number of thioether (sulfide) groups is 1. The van der Waals surface area contributed by atoms with Gasteiger partial charge in [-0.25, -0.2) is 22.8 Å². The Morgan fingerprint density at radius 1 is 1.10 bits per heavy atom. The molecule has 0 aliphatic carbocycles. The summed E-state index contributed by atoms with van der Waals surface area (Å²) < 4.78 is 68.5. The molecular formula is C36H34F4N4O3S. The number of carboxylic acids is 1. The fourth-order valence-corrected chi connectivity index (χ4v) is 7.13. The lowest BCUT2D eigenvalue weighted by Crippen LogP contribution is -2.15. The highest BCUT2D eigenvalue weighted by Crippen LogP contribution is 2.40. The highest BCUT2D eigenvalue weighted by Gasteiger charge is 2.27. The number of fused-ring (bicyclic) bond motifs is 8. The van der Waals surface area contributed by atoms with E-state index in [1.807, 2.05) is 24.3 Å². The monoisotopic (exact) mass is 678 g/mol. The van der Waals surface area contributed by atoms with Gasteiger partial charge in [0.15, 0.2) is 23.2 Å². The molecule has 2 aromatic heterocycles. The Labute approximate surface area is 279 Å². The largest absolute Gasteiger partial charge is 0.481 e. The number of aryl methyl sites for hydroxylation is 3. The second kappa shape index (κ2) is 13.5. The molecule has 7 nitrogen and oxygen atoms in total. The third-order valence-electron chi connectivity index (χ3n) is 8.45. The number of aromatic amines is 1. The predicted molar refractivity (Wildman–Crippen MR) is 178 cm³/mol. The van der Waals surface area contributed by atoms with E-state index < -0.39 is 35.0 Å². The molecule has 6 rings (SSSR count). The van der Waals surface area contributed by atoms with Crippen LogP contribution in [0.2, 0.25) is 0 Å². The van der Waals surface area contributed by atoms with Gasteiger partial charge in [0.2, 0.25) is 5.82 Å². The average molecular weight is 679 g/mol. The van der Waals surface area contributed by atoms with Gasteiger partial charge < -0.3 is 14.8 Å². The Kier molecular flexibility index (Phi) is 9.37. The fourth-order valence-electron chi connectivity index (χ4n) is 5.94. The minimum atomic E-state index is -1.27. The molecule has 5 aromatic rings. The van der Waals surface area contributed by atoms with Crippen molar-refractivity contribution in [2.45, 2.75) is 46.0 Å². The molecule has 3 heterocycles. The first kappa shape index (κ1) is 33.3. The number of carboxylic acid groups (broad SMARTS) is 1. The lowest BCUT2D eigenvalue weighted by atomic mass is 9.89. The minimum absolute atomic E-state index is 0.00240. The Morgan fingerprint density at radius 2 is 1.92 bits per heavy atom. The van der Waals surface area contributed by atoms with Crippen molar-refractivity contribution in [3.63, 3.8) is 0 Å². The Bertz CT molecular complexity index is 2050. The zero-order valence-electron chi connectivity index (χ0n) is 26.7. The summed E-state index contributed by atoms with van der Waals surface area (Å²) in [6.07, 6.45) is 5.04. The van der Waals surface area contributed by atoms with E-state index >= 15 is 13.2 Å². The molecule has 0 unspecified atom stereocenters. The van der Waals surface area contributed by atoms with Gasteiger partial charge in [-0.3, -0.25) is 4.79 Å². The zero-order valence-corrected chi connectivity index (χ0v) is 27.5. The van der Waals surface area contributed by atoms with Crippen molar-refractivity contribution in [3.05, 3.63) is 101 Å². The SMILES string of the molecule is Cn1nc2nc1-c1cc(ccc1F)Oc1c(F)c(F)c3[nH]cc(F)c3c1CCSCC(C)(C)CCC=C2c1cccc(CCC(=O)O)c1. The number of nitrogens with one attached hydrogen (secondary N) is 1. The summed E-state index contributed by atoms with van der Waals surface area (Å²) in [6, 6.07) is 11.3. The van der Waals surface area contributed by atoms with Crippen LogP contribution >= 0.6 is 11.8 Å². The lowest BCUT2D eigenvalue weighted by molar-refractivity contribution is -0.136. The van der Waals surface area contributed by atoms with E-state index in [4.69, 9.17) is 9.72 Å². The summed E-state index contributed by atoms with van der Waals surface area (Å²) in [5.74, 6) is -3.51. The quantitative estimate of drug-likeness (QED) is 0.185. The number of rotatable bonds is 4. The molecule has 48 heavy (non-hydrogen) atoms. The highest BCUT2D eigenvalue weighted by molar-refractivity contribution is 7.99. The van der Waals surface area contributed by atoms with Crippen LogP contribution < -0.4 is 4.74 Å². The third-order valence-corrected chi connectivity index (χ3v) is 9.92. The van der Waals surface area contributed by atoms with Crippen LogP contribution in [0.3, 0.4) is 0 Å². The number of H-pyrrole nitrogens is 1. The molecule has 4 bridgehead atoms. The maximum atomic E-state index is 15.6. The molecule has 2 N–H and O–H groups in total. The van der Waals surface area contributed by atoms with Gasteiger partial charge in [-0.1, -0.05) is 44.2 Å². The Morgan fingerprint density at radius 3 is 2.71 bits per heavy atom. The normalized spacial score (nSPS) is 15.3. The maximum absolute atomic E-state index is 15.6. The molecular weight excluding hydrogens is 644 g/mol. The summed E-state index contributed by atoms with van der Waals surface area (Å²) >= 11 is 1.62. The number of ether oxygens (including phenoxy) is 1. The number of benzene rings is 3. The standard InChI is InChI=1S/C36H34F4N4O3S/c1-36(2)14-5-8-23(21-7-4-6-20(16-21)9-12-28(45)46)34-42-35(44(3)43-34)25-17-22(10-11-26(25)37)47-33-24(13-15-48-19-36)29-27(38)18-41-32(29)30(39)31(33)40/h4,6-8,10-11,16-18,41H,5,9,12-15,19H2,1-3H3,(H,45,46). The number of nitrogens with zero attached hydrogens (tertiary/aromatic N) is 3. The van der Waals surface area contributed by atoms with Crippen molar-refractivity contribution in [3.8, 4) is 22.9 Å². The molecule has 0 fully saturated rings. The van der Waals surface area contributed by atoms with E-state index in [1.54, 1.807) is 18.8 Å². The molecule has 0 atom stereocenters. The summed E-state index contributed by atoms with van der Waals surface area (Å²) in [5, 5.41) is 13.8. The summed E-state index contributed by atoms with van der Waals surface area (Å²) in [6.45, 7) is 4.28. The van der Waals surface area contributed by atoms with Crippen LogP contribution in [0.5, 0.6) is 11.5 Å². The van der Waals surface area contributed by atoms with Gasteiger partial charge in [0, 0.05) is 36.2 Å². The number of carbonyl (C=O) groups is 1. The molecule has 3 aromatic carbocycles. The lowest BCUT2D eigenvalue weighted by Gasteiger charge is -2.24. The van der Waals surface area contributed by atoms with Crippen molar-refractivity contribution < 1.29 is 32.2 Å². The van der Waals surface area contributed by atoms with Crippen LogP contribution in [-0.4, -0.2) is 42.3 Å². The van der Waals surface area contributed by atoms with E-state index in [9.17, 15) is 14.3 Å². The average Bonchev–Trinajstić information content (AvgIpc) is 3.62. The number of hydrogen-bond acceptors (Lipinski definition) is 5. The number of aromatic nitrogens is 4. The minimum Gasteiger partial charge on any atom is -0.481 e. The molecule has 1 aliphatic heterocycles. The van der Waals surface area contributed by atoms with Crippen molar-refractivity contribution in [2.24, 2.45) is 12.5 Å². The molecule has 0 saturated heterocycles. The van der Waals surface area contributed by atoms with Gasteiger partial charge >= 0.3 is 5.97 Å². The van der Waals surface area contributed by atoms with Gasteiger partial charge in [0.25, 0.3) is 0 Å². The first-order chi connectivity index (χ1) is 22.9. The van der Waals surface area contributed by atoms with Crippen molar-refractivity contribution in [1.82, 2.24) is 19.7 Å². The number of aliphatic carboxylic acids is 1. The van der Waals surface area contributed by atoms with E-state index in [-0.39, 0.29) is 51.9 Å². The van der Waals surface area contributed by atoms with Crippen LogP contribution in [0.1, 0.15) is 55.6 Å². The van der Waals surface area contributed by atoms with Gasteiger partial charge in [-0.15, -0.1) is 0 Å². The van der Waals surface area contributed by atoms with Crippen molar-refractivity contribution in [1.29, 1.82) is 0 Å². The Balaban J connectivity index is 1.48. The summed E-state index contributed by atoms with van der Waals surface area (Å²) in [5.41, 5.74) is 2.14. The molecule has 0 spiro atoms. The second-order valence-electron chi connectivity index (χ2n) is 12.7. The summed E-state index contributed by atoms with van der Waals surface area (Å²) in [4.78, 5) is 18.4. The first-order valence-electron chi connectivity index (χ1n) is 15.6. The van der Waals surface area contributed by atoms with Gasteiger partial charge in [0.05, 0.1) is 11.1 Å². The number of halogens is 4. The number of allylic oxidation sites excluding steroid dienone is 1. The smallest absolute Gasteiger partial charge is 0.303 e. The highest BCUT2D eigenvalue weighted by atomic mass is 32.2. The maximum Gasteiger partial charge on any atom is 0.303 e. The molecule has 0 radical (unpaired) electrons. The first-order valence-corrected chi connectivity index (χ1v) is 16.7. The van der Waals surface area contributed by atoms with E-state index in [1.165, 1.54) is 16.8 Å². The van der Waals surface area contributed by atoms with Gasteiger partial charge in [0.1, 0.15) is 17.4 Å². The van der Waals surface area contributed by atoms with E-state index in [0.29, 0.717) is 24.4 Å². The van der Waals surface area contributed by atoms with Crippen LogP contribution in [0.25, 0.3) is 27.9 Å². The fraction of sp³-hybridized carbons (Fsp3) is 0.306. The van der Waals surface area contributed by atoms with Crippen LogP contribution in [-0.2, 0) is 24.7 Å². The van der Waals surface area contributed by atoms with Crippen molar-refractivity contribution in [2.75, 3.05) is 11.5 Å². The number of hydrogen-bond donors (Lipinski definition) is 2. The molecule has 0 saturated carbocycles. The Hall–Kier alpha value is -4.58. The molecule has 1 aliphatic rings. The van der Waals surface area contributed by atoms with Crippen molar-refractivity contribution >= 4 is 34.2 Å². The van der Waals surface area contributed by atoms with Gasteiger partial charge in [-0.05, 0) is 71.9 Å². The molecule has 0 amide bonds. The van der Waals surface area contributed by atoms with E-state index in [0.717, 1.165) is 41.1 Å². The summed E-state index contributed by atoms with van der Waals surface area (Å²) in [7, 11) is 1.62. The van der Waals surface area contributed by atoms with E-state index in [2.05, 4.69) is 30.0 Å².